The van der Waals surface area contributed by atoms with Crippen molar-refractivity contribution in [1.82, 2.24) is 9.97 Å². The summed E-state index contributed by atoms with van der Waals surface area (Å²) in [6, 6.07) is 14.7. The van der Waals surface area contributed by atoms with Crippen LogP contribution >= 0.6 is 11.3 Å². The number of anilines is 2. The lowest BCUT2D eigenvalue weighted by Gasteiger charge is -2.13. The van der Waals surface area contributed by atoms with Crippen molar-refractivity contribution >= 4 is 33.1 Å². The minimum Gasteiger partial charge on any atom is -0.494 e. The zero-order valence-corrected chi connectivity index (χ0v) is 18.3. The first-order valence-corrected chi connectivity index (χ1v) is 10.6. The average molecular weight is 404 g/mol. The van der Waals surface area contributed by atoms with Crippen molar-refractivity contribution in [3.8, 4) is 16.9 Å². The van der Waals surface area contributed by atoms with Gasteiger partial charge in [0.05, 0.1) is 12.0 Å². The number of ether oxygens (including phenoxy) is 1. The molecule has 2 heterocycles. The van der Waals surface area contributed by atoms with E-state index in [-0.39, 0.29) is 0 Å². The molecule has 148 valence electrons. The Balaban J connectivity index is 1.88. The van der Waals surface area contributed by atoms with Gasteiger partial charge in [0.25, 0.3) is 0 Å². The highest BCUT2D eigenvalue weighted by Gasteiger charge is 2.18. The molecule has 0 amide bonds. The zero-order chi connectivity index (χ0) is 20.5. The van der Waals surface area contributed by atoms with E-state index in [4.69, 9.17) is 14.7 Å². The van der Waals surface area contributed by atoms with E-state index in [1.807, 2.05) is 26.0 Å². The lowest BCUT2D eigenvalue weighted by molar-refractivity contribution is 0.340. The fourth-order valence-corrected chi connectivity index (χ4v) is 4.63. The first kappa shape index (κ1) is 19.4. The van der Waals surface area contributed by atoms with Crippen LogP contribution in [-0.2, 0) is 0 Å². The SMILES string of the molecule is CCOc1ccc(-c2c(C)sc3nc(C)nc(Nc4cc(C)ccc4C)c23)cc1. The lowest BCUT2D eigenvalue weighted by Crippen LogP contribution is -2.00. The third kappa shape index (κ3) is 3.83. The van der Waals surface area contributed by atoms with Gasteiger partial charge in [-0.2, -0.15) is 0 Å². The molecule has 1 N–H and O–H groups in total. The molecule has 0 bridgehead atoms. The zero-order valence-electron chi connectivity index (χ0n) is 17.5. The predicted molar refractivity (Wildman–Crippen MR) is 123 cm³/mol. The van der Waals surface area contributed by atoms with Gasteiger partial charge in [-0.15, -0.1) is 11.3 Å². The van der Waals surface area contributed by atoms with Gasteiger partial charge in [-0.1, -0.05) is 24.3 Å². The van der Waals surface area contributed by atoms with Gasteiger partial charge in [0.2, 0.25) is 0 Å². The molecule has 5 heteroatoms. The van der Waals surface area contributed by atoms with Crippen LogP contribution in [-0.4, -0.2) is 16.6 Å². The molecule has 0 spiro atoms. The Labute approximate surface area is 175 Å². The molecule has 0 aliphatic carbocycles. The molecule has 0 unspecified atom stereocenters. The first-order chi connectivity index (χ1) is 14.0. The first-order valence-electron chi connectivity index (χ1n) is 9.81. The summed E-state index contributed by atoms with van der Waals surface area (Å²) in [6.07, 6.45) is 0. The molecule has 0 atom stereocenters. The quantitative estimate of drug-likeness (QED) is 0.401. The Kier molecular flexibility index (Phi) is 5.24. The third-order valence-corrected chi connectivity index (χ3v) is 5.94. The standard InChI is InChI=1S/C24H25N3OS/c1-6-28-19-11-9-18(10-12-19)21-16(4)29-24-22(21)23(25-17(5)26-24)27-20-13-14(2)7-8-15(20)3/h7-13H,6H2,1-5H3,(H,25,26,27). The van der Waals surface area contributed by atoms with Crippen molar-refractivity contribution in [3.05, 3.63) is 64.3 Å². The Morgan fingerprint density at radius 3 is 2.45 bits per heavy atom. The van der Waals surface area contributed by atoms with Gasteiger partial charge in [-0.25, -0.2) is 9.97 Å². The van der Waals surface area contributed by atoms with E-state index in [1.165, 1.54) is 21.6 Å². The molecule has 29 heavy (non-hydrogen) atoms. The van der Waals surface area contributed by atoms with Crippen LogP contribution in [0.3, 0.4) is 0 Å². The second-order valence-corrected chi connectivity index (χ2v) is 8.44. The molecule has 4 rings (SSSR count). The molecule has 4 nitrogen and oxygen atoms in total. The average Bonchev–Trinajstić information content (AvgIpc) is 3.01. The van der Waals surface area contributed by atoms with E-state index >= 15 is 0 Å². The highest BCUT2D eigenvalue weighted by atomic mass is 32.1. The van der Waals surface area contributed by atoms with Crippen LogP contribution in [0.4, 0.5) is 11.5 Å². The molecule has 2 aromatic carbocycles. The summed E-state index contributed by atoms with van der Waals surface area (Å²) in [5, 5.41) is 4.66. The largest absolute Gasteiger partial charge is 0.494 e. The summed E-state index contributed by atoms with van der Waals surface area (Å²) in [7, 11) is 0. The number of aryl methyl sites for hydroxylation is 4. The van der Waals surface area contributed by atoms with Crippen molar-refractivity contribution < 1.29 is 4.74 Å². The van der Waals surface area contributed by atoms with Crippen molar-refractivity contribution in [2.75, 3.05) is 11.9 Å². The van der Waals surface area contributed by atoms with Crippen LogP contribution in [0.25, 0.3) is 21.3 Å². The van der Waals surface area contributed by atoms with Crippen LogP contribution < -0.4 is 10.1 Å². The Bertz CT molecular complexity index is 1180. The number of nitrogens with zero attached hydrogens (tertiary/aromatic N) is 2. The van der Waals surface area contributed by atoms with Gasteiger partial charge >= 0.3 is 0 Å². The monoisotopic (exact) mass is 403 g/mol. The molecule has 4 aromatic rings. The summed E-state index contributed by atoms with van der Waals surface area (Å²) in [4.78, 5) is 11.7. The van der Waals surface area contributed by atoms with E-state index in [0.717, 1.165) is 38.9 Å². The normalized spacial score (nSPS) is 11.1. The van der Waals surface area contributed by atoms with E-state index in [9.17, 15) is 0 Å². The number of nitrogens with one attached hydrogen (secondary N) is 1. The van der Waals surface area contributed by atoms with E-state index in [1.54, 1.807) is 11.3 Å². The van der Waals surface area contributed by atoms with Gasteiger partial charge < -0.3 is 10.1 Å². The molecule has 0 aliphatic rings. The molecular formula is C24H25N3OS. The number of benzene rings is 2. The minimum atomic E-state index is 0.663. The maximum atomic E-state index is 5.60. The van der Waals surface area contributed by atoms with E-state index in [0.29, 0.717) is 6.61 Å². The number of aromatic nitrogens is 2. The maximum Gasteiger partial charge on any atom is 0.143 e. The van der Waals surface area contributed by atoms with Gasteiger partial charge in [0.15, 0.2) is 0 Å². The number of thiophene rings is 1. The Morgan fingerprint density at radius 2 is 1.72 bits per heavy atom. The summed E-state index contributed by atoms with van der Waals surface area (Å²) < 4.78 is 5.60. The fraction of sp³-hybridized carbons (Fsp3) is 0.250. The Hall–Kier alpha value is -2.92. The molecular weight excluding hydrogens is 378 g/mol. The van der Waals surface area contributed by atoms with Crippen molar-refractivity contribution in [1.29, 1.82) is 0 Å². The highest BCUT2D eigenvalue weighted by molar-refractivity contribution is 7.19. The molecule has 2 aromatic heterocycles. The van der Waals surface area contributed by atoms with Crippen LogP contribution in [0.15, 0.2) is 42.5 Å². The number of hydrogen-bond donors (Lipinski definition) is 1. The maximum absolute atomic E-state index is 5.60. The summed E-state index contributed by atoms with van der Waals surface area (Å²) >= 11 is 1.71. The fourth-order valence-electron chi connectivity index (χ4n) is 3.54. The van der Waals surface area contributed by atoms with Crippen LogP contribution in [0.5, 0.6) is 5.75 Å². The minimum absolute atomic E-state index is 0.663. The number of hydrogen-bond acceptors (Lipinski definition) is 5. The van der Waals surface area contributed by atoms with Gasteiger partial charge in [-0.3, -0.25) is 0 Å². The molecule has 0 fully saturated rings. The second-order valence-electron chi connectivity index (χ2n) is 7.23. The topological polar surface area (TPSA) is 47.0 Å². The van der Waals surface area contributed by atoms with Crippen LogP contribution in [0.1, 0.15) is 28.8 Å². The van der Waals surface area contributed by atoms with E-state index < -0.39 is 0 Å². The van der Waals surface area contributed by atoms with E-state index in [2.05, 4.69) is 56.4 Å². The highest BCUT2D eigenvalue weighted by Crippen LogP contribution is 2.42. The molecule has 0 saturated heterocycles. The number of fused-ring (bicyclic) bond motifs is 1. The molecule has 0 aliphatic heterocycles. The van der Waals surface area contributed by atoms with Crippen LogP contribution in [0, 0.1) is 27.7 Å². The smallest absolute Gasteiger partial charge is 0.143 e. The van der Waals surface area contributed by atoms with Crippen molar-refractivity contribution in [3.63, 3.8) is 0 Å². The summed E-state index contributed by atoms with van der Waals surface area (Å²) in [5.41, 5.74) is 5.81. The van der Waals surface area contributed by atoms with Gasteiger partial charge in [0.1, 0.15) is 22.2 Å². The molecule has 0 saturated carbocycles. The number of rotatable bonds is 5. The van der Waals surface area contributed by atoms with Gasteiger partial charge in [0, 0.05) is 16.1 Å². The van der Waals surface area contributed by atoms with Crippen LogP contribution in [0.2, 0.25) is 0 Å². The van der Waals surface area contributed by atoms with Crippen molar-refractivity contribution in [2.24, 2.45) is 0 Å². The van der Waals surface area contributed by atoms with Crippen molar-refractivity contribution in [2.45, 2.75) is 34.6 Å². The summed E-state index contributed by atoms with van der Waals surface area (Å²) in [6.45, 7) is 11.0. The third-order valence-electron chi connectivity index (χ3n) is 4.94. The predicted octanol–water partition coefficient (Wildman–Crippen LogP) is 6.73. The Morgan fingerprint density at radius 1 is 0.966 bits per heavy atom. The lowest BCUT2D eigenvalue weighted by atomic mass is 10.0. The molecule has 0 radical (unpaired) electrons. The van der Waals surface area contributed by atoms with Gasteiger partial charge in [-0.05, 0) is 69.5 Å². The summed E-state index contributed by atoms with van der Waals surface area (Å²) in [5.74, 6) is 2.51. The second kappa shape index (κ2) is 7.84.